The van der Waals surface area contributed by atoms with Crippen LogP contribution >= 0.6 is 0 Å². The summed E-state index contributed by atoms with van der Waals surface area (Å²) in [4.78, 5) is 0. The Labute approximate surface area is 106 Å². The maximum Gasteiger partial charge on any atom is 0.131 e. The molecule has 0 fully saturated rings. The van der Waals surface area contributed by atoms with Gasteiger partial charge in [-0.15, -0.1) is 0 Å². The molecule has 1 nitrogen and oxygen atoms in total. The molecule has 0 radical (unpaired) electrons. The van der Waals surface area contributed by atoms with E-state index in [0.717, 1.165) is 11.1 Å². The minimum absolute atomic E-state index is 0.163. The Morgan fingerprint density at radius 1 is 0.944 bits per heavy atom. The molecule has 2 aromatic carbocycles. The smallest absolute Gasteiger partial charge is 0.131 e. The molecule has 0 saturated carbocycles. The molecular weight excluding hydrogens is 225 g/mol. The van der Waals surface area contributed by atoms with Crippen LogP contribution in [0.5, 0.6) is 0 Å². The first-order chi connectivity index (χ1) is 8.81. The van der Waals surface area contributed by atoms with Crippen LogP contribution in [0.2, 0.25) is 0 Å². The van der Waals surface area contributed by atoms with E-state index in [-0.39, 0.29) is 11.9 Å². The van der Waals surface area contributed by atoms with E-state index < -0.39 is 0 Å². The summed E-state index contributed by atoms with van der Waals surface area (Å²) in [5.41, 5.74) is 3.96. The Hall–Kier alpha value is -1.93. The minimum Gasteiger partial charge on any atom is -0.310 e. The molecule has 0 spiro atoms. The lowest BCUT2D eigenvalue weighted by Gasteiger charge is -2.08. The molecule has 1 aliphatic carbocycles. The van der Waals surface area contributed by atoms with Crippen LogP contribution in [-0.2, 0) is 0 Å². The van der Waals surface area contributed by atoms with E-state index in [0.29, 0.717) is 5.56 Å². The minimum atomic E-state index is -0.171. The normalized spacial score (nSPS) is 17.4. The van der Waals surface area contributed by atoms with Gasteiger partial charge in [0, 0.05) is 5.56 Å². The molecule has 0 bridgehead atoms. The number of halogens is 1. The molecular formula is C16H14FN. The van der Waals surface area contributed by atoms with Gasteiger partial charge in [-0.1, -0.05) is 48.5 Å². The Balaban J connectivity index is 2.17. The van der Waals surface area contributed by atoms with Gasteiger partial charge in [0.15, 0.2) is 0 Å². The van der Waals surface area contributed by atoms with Crippen molar-refractivity contribution in [3.05, 3.63) is 77.1 Å². The van der Waals surface area contributed by atoms with Crippen LogP contribution in [-0.4, -0.2) is 7.05 Å². The predicted molar refractivity (Wildman–Crippen MR) is 71.7 cm³/mol. The van der Waals surface area contributed by atoms with Gasteiger partial charge in [0.25, 0.3) is 0 Å². The summed E-state index contributed by atoms with van der Waals surface area (Å²) in [6.45, 7) is 0. The van der Waals surface area contributed by atoms with Crippen LogP contribution in [0, 0.1) is 5.82 Å². The van der Waals surface area contributed by atoms with Gasteiger partial charge in [-0.05, 0) is 29.8 Å². The predicted octanol–water partition coefficient (Wildman–Crippen LogP) is 3.53. The summed E-state index contributed by atoms with van der Waals surface area (Å²) < 4.78 is 13.9. The van der Waals surface area contributed by atoms with E-state index in [1.165, 1.54) is 11.6 Å². The van der Waals surface area contributed by atoms with E-state index in [4.69, 9.17) is 0 Å². The quantitative estimate of drug-likeness (QED) is 0.845. The van der Waals surface area contributed by atoms with Crippen molar-refractivity contribution in [3.8, 4) is 0 Å². The Bertz CT molecular complexity index is 616. The lowest BCUT2D eigenvalue weighted by atomic mass is 9.99. The molecule has 2 aromatic rings. The van der Waals surface area contributed by atoms with E-state index in [1.54, 1.807) is 6.07 Å². The second-order valence-electron chi connectivity index (χ2n) is 4.41. The van der Waals surface area contributed by atoms with Crippen LogP contribution in [0.3, 0.4) is 0 Å². The third kappa shape index (κ3) is 1.66. The maximum atomic E-state index is 13.9. The van der Waals surface area contributed by atoms with Gasteiger partial charge < -0.3 is 5.32 Å². The number of likely N-dealkylation sites (N-methyl/N-ethyl adjacent to an activating group) is 1. The van der Waals surface area contributed by atoms with Crippen molar-refractivity contribution < 1.29 is 4.39 Å². The lowest BCUT2D eigenvalue weighted by Crippen LogP contribution is -2.11. The average molecular weight is 239 g/mol. The summed E-state index contributed by atoms with van der Waals surface area (Å²) in [5, 5.41) is 3.24. The Morgan fingerprint density at radius 3 is 2.33 bits per heavy atom. The monoisotopic (exact) mass is 239 g/mol. The summed E-state index contributed by atoms with van der Waals surface area (Å²) in [7, 11) is 1.92. The lowest BCUT2D eigenvalue weighted by molar-refractivity contribution is 0.624. The second kappa shape index (κ2) is 4.39. The average Bonchev–Trinajstić information content (AvgIpc) is 2.78. The van der Waals surface area contributed by atoms with Crippen molar-refractivity contribution in [2.75, 3.05) is 7.05 Å². The zero-order chi connectivity index (χ0) is 12.5. The third-order valence-electron chi connectivity index (χ3n) is 3.39. The van der Waals surface area contributed by atoms with Gasteiger partial charge in [0.1, 0.15) is 5.82 Å². The topological polar surface area (TPSA) is 12.0 Å². The summed E-state index contributed by atoms with van der Waals surface area (Å²) in [6, 6.07) is 15.2. The molecule has 0 saturated heterocycles. The number of hydrogen-bond acceptors (Lipinski definition) is 1. The Kier molecular flexibility index (Phi) is 2.73. The first-order valence-electron chi connectivity index (χ1n) is 6.04. The van der Waals surface area contributed by atoms with Gasteiger partial charge in [0.05, 0.1) is 6.04 Å². The molecule has 0 aromatic heterocycles. The number of fused-ring (bicyclic) bond motifs is 1. The fourth-order valence-electron chi connectivity index (χ4n) is 2.51. The van der Waals surface area contributed by atoms with Crippen LogP contribution < -0.4 is 5.32 Å². The van der Waals surface area contributed by atoms with Crippen molar-refractivity contribution in [1.82, 2.24) is 5.32 Å². The van der Waals surface area contributed by atoms with Crippen LogP contribution in [0.25, 0.3) is 5.57 Å². The van der Waals surface area contributed by atoms with Gasteiger partial charge in [-0.3, -0.25) is 0 Å². The molecule has 2 heteroatoms. The van der Waals surface area contributed by atoms with Gasteiger partial charge in [0.2, 0.25) is 0 Å². The standard InChI is InChI=1S/C16H14FN/c1-18-16-10-14(11-6-2-3-8-13(11)16)12-7-4-5-9-15(12)17/h2-10,16,18H,1H3. The highest BCUT2D eigenvalue weighted by Gasteiger charge is 2.23. The molecule has 90 valence electrons. The largest absolute Gasteiger partial charge is 0.310 e. The van der Waals surface area contributed by atoms with Crippen molar-refractivity contribution in [1.29, 1.82) is 0 Å². The van der Waals surface area contributed by atoms with E-state index >= 15 is 0 Å². The Morgan fingerprint density at radius 2 is 1.61 bits per heavy atom. The highest BCUT2D eigenvalue weighted by atomic mass is 19.1. The zero-order valence-electron chi connectivity index (χ0n) is 10.2. The second-order valence-corrected chi connectivity index (χ2v) is 4.41. The van der Waals surface area contributed by atoms with Gasteiger partial charge in [-0.2, -0.15) is 0 Å². The fraction of sp³-hybridized carbons (Fsp3) is 0.125. The van der Waals surface area contributed by atoms with Crippen LogP contribution in [0.15, 0.2) is 54.6 Å². The molecule has 1 atom stereocenters. The first kappa shape index (κ1) is 11.2. The zero-order valence-corrected chi connectivity index (χ0v) is 10.2. The molecule has 0 aliphatic heterocycles. The summed E-state index contributed by atoms with van der Waals surface area (Å²) in [5.74, 6) is -0.171. The van der Waals surface area contributed by atoms with Crippen molar-refractivity contribution in [3.63, 3.8) is 0 Å². The molecule has 0 amide bonds. The SMILES string of the molecule is CNC1C=C(c2ccccc2F)c2ccccc21. The first-order valence-corrected chi connectivity index (χ1v) is 6.04. The third-order valence-corrected chi connectivity index (χ3v) is 3.39. The number of rotatable bonds is 2. The maximum absolute atomic E-state index is 13.9. The molecule has 1 aliphatic rings. The molecule has 1 N–H and O–H groups in total. The van der Waals surface area contributed by atoms with E-state index in [9.17, 15) is 4.39 Å². The number of nitrogens with one attached hydrogen (secondary N) is 1. The van der Waals surface area contributed by atoms with E-state index in [2.05, 4.69) is 17.5 Å². The fourth-order valence-corrected chi connectivity index (χ4v) is 2.51. The van der Waals surface area contributed by atoms with Crippen molar-refractivity contribution in [2.24, 2.45) is 0 Å². The molecule has 3 rings (SSSR count). The summed E-state index contributed by atoms with van der Waals surface area (Å²) in [6.07, 6.45) is 2.09. The molecule has 0 heterocycles. The molecule has 1 unspecified atom stereocenters. The number of benzene rings is 2. The number of hydrogen-bond donors (Lipinski definition) is 1. The van der Waals surface area contributed by atoms with Crippen molar-refractivity contribution >= 4 is 5.57 Å². The van der Waals surface area contributed by atoms with Gasteiger partial charge >= 0.3 is 0 Å². The van der Waals surface area contributed by atoms with E-state index in [1.807, 2.05) is 37.4 Å². The van der Waals surface area contributed by atoms with Gasteiger partial charge in [-0.25, -0.2) is 4.39 Å². The highest BCUT2D eigenvalue weighted by molar-refractivity contribution is 5.85. The van der Waals surface area contributed by atoms with Crippen molar-refractivity contribution in [2.45, 2.75) is 6.04 Å². The summed E-state index contributed by atoms with van der Waals surface area (Å²) >= 11 is 0. The molecule has 18 heavy (non-hydrogen) atoms. The highest BCUT2D eigenvalue weighted by Crippen LogP contribution is 2.38. The van der Waals surface area contributed by atoms with Crippen LogP contribution in [0.1, 0.15) is 22.7 Å². The van der Waals surface area contributed by atoms with Crippen LogP contribution in [0.4, 0.5) is 4.39 Å².